The van der Waals surface area contributed by atoms with Gasteiger partial charge < -0.3 is 16.4 Å². The average molecular weight is 261 g/mol. The van der Waals surface area contributed by atoms with Crippen LogP contribution in [0.1, 0.15) is 15.9 Å². The van der Waals surface area contributed by atoms with E-state index in [9.17, 15) is 4.79 Å². The molecule has 1 amide bonds. The van der Waals surface area contributed by atoms with Crippen molar-refractivity contribution in [2.75, 3.05) is 17.7 Å². The summed E-state index contributed by atoms with van der Waals surface area (Å²) in [4.78, 5) is 13.2. The monoisotopic (exact) mass is 261 g/mol. The van der Waals surface area contributed by atoms with Gasteiger partial charge in [-0.15, -0.1) is 0 Å². The van der Waals surface area contributed by atoms with Gasteiger partial charge in [0.1, 0.15) is 0 Å². The summed E-state index contributed by atoms with van der Waals surface area (Å²) in [7, 11) is 1.94. The molecule has 18 heavy (non-hydrogen) atoms. The molecule has 94 valence electrons. The van der Waals surface area contributed by atoms with Gasteiger partial charge in [-0.05, 0) is 40.6 Å². The molecule has 1 aromatic heterocycles. The first-order chi connectivity index (χ1) is 8.58. The molecular formula is C13H15N3OS. The quantitative estimate of drug-likeness (QED) is 0.827. The van der Waals surface area contributed by atoms with Crippen LogP contribution in [0.4, 0.5) is 11.4 Å². The molecule has 0 aliphatic carbocycles. The molecule has 0 unspecified atom stereocenters. The maximum Gasteiger partial charge on any atom is 0.248 e. The van der Waals surface area contributed by atoms with Crippen molar-refractivity contribution in [1.29, 1.82) is 0 Å². The summed E-state index contributed by atoms with van der Waals surface area (Å²) < 4.78 is 0. The molecule has 0 fully saturated rings. The Bertz CT molecular complexity index is 551. The normalized spacial score (nSPS) is 10.3. The Hall–Kier alpha value is -2.01. The van der Waals surface area contributed by atoms with Crippen LogP contribution in [0.3, 0.4) is 0 Å². The van der Waals surface area contributed by atoms with Crippen molar-refractivity contribution in [3.05, 3.63) is 46.2 Å². The van der Waals surface area contributed by atoms with Gasteiger partial charge in [0.2, 0.25) is 5.91 Å². The zero-order valence-corrected chi connectivity index (χ0v) is 10.9. The van der Waals surface area contributed by atoms with E-state index in [4.69, 9.17) is 11.5 Å². The smallest absolute Gasteiger partial charge is 0.248 e. The Kier molecular flexibility index (Phi) is 3.53. The number of amides is 1. The third-order valence-electron chi connectivity index (χ3n) is 2.73. The van der Waals surface area contributed by atoms with Crippen molar-refractivity contribution in [2.45, 2.75) is 6.54 Å². The van der Waals surface area contributed by atoms with Crippen molar-refractivity contribution in [3.63, 3.8) is 0 Å². The predicted molar refractivity (Wildman–Crippen MR) is 75.8 cm³/mol. The molecule has 0 saturated heterocycles. The molecule has 1 heterocycles. The molecule has 4 N–H and O–H groups in total. The van der Waals surface area contributed by atoms with Crippen molar-refractivity contribution in [2.24, 2.45) is 5.73 Å². The fourth-order valence-corrected chi connectivity index (χ4v) is 2.43. The molecule has 0 atom stereocenters. The number of nitrogen functional groups attached to an aromatic ring is 1. The van der Waals surface area contributed by atoms with Gasteiger partial charge in [-0.3, -0.25) is 4.79 Å². The van der Waals surface area contributed by atoms with Gasteiger partial charge in [0, 0.05) is 19.2 Å². The first-order valence-electron chi connectivity index (χ1n) is 5.49. The average Bonchev–Trinajstić information content (AvgIpc) is 2.81. The van der Waals surface area contributed by atoms with Crippen LogP contribution in [0.5, 0.6) is 0 Å². The molecule has 1 aromatic carbocycles. The molecule has 0 aliphatic heterocycles. The highest BCUT2D eigenvalue weighted by Crippen LogP contribution is 2.25. The number of carbonyl (C=O) groups excluding carboxylic acids is 1. The van der Waals surface area contributed by atoms with E-state index in [0.29, 0.717) is 11.3 Å². The van der Waals surface area contributed by atoms with Crippen molar-refractivity contribution >= 4 is 28.6 Å². The number of hydrogen-bond acceptors (Lipinski definition) is 4. The van der Waals surface area contributed by atoms with E-state index >= 15 is 0 Å². The third kappa shape index (κ3) is 2.62. The third-order valence-corrected chi connectivity index (χ3v) is 3.46. The van der Waals surface area contributed by atoms with E-state index < -0.39 is 5.91 Å². The highest BCUT2D eigenvalue weighted by Gasteiger charge is 2.09. The number of benzene rings is 1. The van der Waals surface area contributed by atoms with Crippen molar-refractivity contribution in [1.82, 2.24) is 0 Å². The minimum Gasteiger partial charge on any atom is -0.397 e. The van der Waals surface area contributed by atoms with Gasteiger partial charge >= 0.3 is 0 Å². The Morgan fingerprint density at radius 1 is 1.39 bits per heavy atom. The minimum absolute atomic E-state index is 0.444. The second-order valence-corrected chi connectivity index (χ2v) is 4.91. The highest BCUT2D eigenvalue weighted by atomic mass is 32.1. The second kappa shape index (κ2) is 5.10. The Labute approximate surface area is 110 Å². The van der Waals surface area contributed by atoms with Gasteiger partial charge in [-0.25, -0.2) is 0 Å². The first kappa shape index (κ1) is 12.4. The van der Waals surface area contributed by atoms with Crippen molar-refractivity contribution < 1.29 is 4.79 Å². The van der Waals surface area contributed by atoms with Crippen LogP contribution in [0.15, 0.2) is 35.0 Å². The van der Waals surface area contributed by atoms with Crippen LogP contribution in [0.2, 0.25) is 0 Å². The second-order valence-electron chi connectivity index (χ2n) is 4.13. The van der Waals surface area contributed by atoms with E-state index in [1.165, 1.54) is 5.56 Å². The summed E-state index contributed by atoms with van der Waals surface area (Å²) in [6, 6.07) is 7.14. The zero-order valence-electron chi connectivity index (χ0n) is 10.1. The molecular weight excluding hydrogens is 246 g/mol. The fourth-order valence-electron chi connectivity index (χ4n) is 1.77. The lowest BCUT2D eigenvalue weighted by Crippen LogP contribution is -2.19. The van der Waals surface area contributed by atoms with Gasteiger partial charge in [0.05, 0.1) is 11.4 Å². The largest absolute Gasteiger partial charge is 0.397 e. The van der Waals surface area contributed by atoms with E-state index in [2.05, 4.69) is 11.4 Å². The predicted octanol–water partition coefficient (Wildman–Crippen LogP) is 2.07. The lowest BCUT2D eigenvalue weighted by Gasteiger charge is -2.21. The van der Waals surface area contributed by atoms with Gasteiger partial charge in [0.15, 0.2) is 0 Å². The number of carbonyl (C=O) groups is 1. The Morgan fingerprint density at radius 3 is 2.78 bits per heavy atom. The van der Waals surface area contributed by atoms with Crippen LogP contribution < -0.4 is 16.4 Å². The number of anilines is 2. The maximum absolute atomic E-state index is 11.2. The summed E-state index contributed by atoms with van der Waals surface area (Å²) in [6.07, 6.45) is 0. The van der Waals surface area contributed by atoms with E-state index in [1.807, 2.05) is 17.3 Å². The Balaban J connectivity index is 2.26. The molecule has 0 radical (unpaired) electrons. The number of primary amides is 1. The van der Waals surface area contributed by atoms with E-state index in [0.717, 1.165) is 12.2 Å². The van der Waals surface area contributed by atoms with Gasteiger partial charge in [-0.2, -0.15) is 11.3 Å². The topological polar surface area (TPSA) is 72.3 Å². The number of nitrogens with two attached hydrogens (primary N) is 2. The molecule has 4 nitrogen and oxygen atoms in total. The summed E-state index contributed by atoms with van der Waals surface area (Å²) in [6.45, 7) is 0.746. The number of thiophene rings is 1. The summed E-state index contributed by atoms with van der Waals surface area (Å²) in [5, 5.41) is 4.12. The molecule has 2 aromatic rings. The van der Waals surface area contributed by atoms with Crippen molar-refractivity contribution in [3.8, 4) is 0 Å². The summed E-state index contributed by atoms with van der Waals surface area (Å²) in [5.74, 6) is -0.444. The number of nitrogens with zero attached hydrogens (tertiary/aromatic N) is 1. The fraction of sp³-hybridized carbons (Fsp3) is 0.154. The molecule has 0 aliphatic rings. The van der Waals surface area contributed by atoms with E-state index in [1.54, 1.807) is 29.5 Å². The van der Waals surface area contributed by atoms with Crippen LogP contribution in [-0.4, -0.2) is 13.0 Å². The molecule has 0 saturated carbocycles. The molecule has 0 bridgehead atoms. The van der Waals surface area contributed by atoms with Crippen LogP contribution in [0, 0.1) is 0 Å². The van der Waals surface area contributed by atoms with Gasteiger partial charge in [0.25, 0.3) is 0 Å². The molecule has 0 spiro atoms. The zero-order chi connectivity index (χ0) is 13.1. The molecule has 2 rings (SSSR count). The molecule has 5 heteroatoms. The number of hydrogen-bond donors (Lipinski definition) is 2. The lowest BCUT2D eigenvalue weighted by molar-refractivity contribution is 0.100. The Morgan fingerprint density at radius 2 is 2.17 bits per heavy atom. The lowest BCUT2D eigenvalue weighted by atomic mass is 10.1. The van der Waals surface area contributed by atoms with Crippen LogP contribution in [-0.2, 0) is 6.54 Å². The minimum atomic E-state index is -0.444. The SMILES string of the molecule is CN(Cc1ccsc1)c1cc(C(N)=O)ccc1N. The highest BCUT2D eigenvalue weighted by molar-refractivity contribution is 7.07. The summed E-state index contributed by atoms with van der Waals surface area (Å²) >= 11 is 1.66. The van der Waals surface area contributed by atoms with Gasteiger partial charge in [-0.1, -0.05) is 0 Å². The maximum atomic E-state index is 11.2. The summed E-state index contributed by atoms with van der Waals surface area (Å²) in [5.41, 5.74) is 14.3. The van der Waals surface area contributed by atoms with E-state index in [-0.39, 0.29) is 0 Å². The number of rotatable bonds is 4. The first-order valence-corrected chi connectivity index (χ1v) is 6.44. The van der Waals surface area contributed by atoms with Crippen LogP contribution in [0.25, 0.3) is 0 Å². The standard InChI is InChI=1S/C13H15N3OS/c1-16(7-9-4-5-18-8-9)12-6-10(13(15)17)2-3-11(12)14/h2-6,8H,7,14H2,1H3,(H2,15,17). The van der Waals surface area contributed by atoms with Crippen LogP contribution >= 0.6 is 11.3 Å².